The van der Waals surface area contributed by atoms with Crippen molar-refractivity contribution in [3.8, 4) is 5.75 Å². The maximum absolute atomic E-state index is 13.0. The first-order valence-electron chi connectivity index (χ1n) is 9.89. The Balaban J connectivity index is 0.00000300. The number of guanidine groups is 1. The van der Waals surface area contributed by atoms with Crippen LogP contribution in [0.25, 0.3) is 0 Å². The highest BCUT2D eigenvalue weighted by Gasteiger charge is 2.20. The summed E-state index contributed by atoms with van der Waals surface area (Å²) < 4.78 is 18.8. The minimum Gasteiger partial charge on any atom is -0.489 e. The van der Waals surface area contributed by atoms with Crippen molar-refractivity contribution >= 4 is 46.3 Å². The fraction of sp³-hybridized carbons (Fsp3) is 0.476. The Kier molecular flexibility index (Phi) is 9.99. The van der Waals surface area contributed by atoms with E-state index in [4.69, 9.17) is 4.74 Å². The standard InChI is InChI=1S/C21H29FN4OS.HI/c1-3-23-21(24-15-16(2)27-19-8-6-17(22)7-9-19)25-18-10-12-26(13-11-18)20-5-4-14-28-20;/h4-9,14,16,18H,3,10-13,15H2,1-2H3,(H2,23,24,25);1H. The number of nitrogens with zero attached hydrogens (tertiary/aromatic N) is 2. The second kappa shape index (κ2) is 12.2. The van der Waals surface area contributed by atoms with Gasteiger partial charge < -0.3 is 20.3 Å². The SMILES string of the molecule is CCNC(=NCC(C)Oc1ccc(F)cc1)NC1CCN(c2cccs2)CC1.I. The number of halogens is 2. The van der Waals surface area contributed by atoms with Crippen LogP contribution in [0.1, 0.15) is 26.7 Å². The van der Waals surface area contributed by atoms with Gasteiger partial charge in [-0.3, -0.25) is 0 Å². The Morgan fingerprint density at radius 3 is 2.62 bits per heavy atom. The molecule has 1 saturated heterocycles. The zero-order valence-corrected chi connectivity index (χ0v) is 20.1. The monoisotopic (exact) mass is 532 g/mol. The van der Waals surface area contributed by atoms with Gasteiger partial charge in [0.15, 0.2) is 5.96 Å². The Bertz CT molecular complexity index is 734. The average Bonchev–Trinajstić information content (AvgIpc) is 3.23. The van der Waals surface area contributed by atoms with Crippen LogP contribution in [-0.2, 0) is 0 Å². The Morgan fingerprint density at radius 2 is 2.00 bits per heavy atom. The summed E-state index contributed by atoms with van der Waals surface area (Å²) >= 11 is 1.80. The zero-order chi connectivity index (χ0) is 19.8. The summed E-state index contributed by atoms with van der Waals surface area (Å²) in [6, 6.07) is 10.8. The van der Waals surface area contributed by atoms with E-state index in [0.717, 1.165) is 38.4 Å². The molecule has 0 aliphatic carbocycles. The van der Waals surface area contributed by atoms with E-state index in [1.54, 1.807) is 23.5 Å². The molecule has 0 radical (unpaired) electrons. The second-order valence-corrected chi connectivity index (χ2v) is 7.89. The van der Waals surface area contributed by atoms with E-state index in [-0.39, 0.29) is 35.9 Å². The van der Waals surface area contributed by atoms with Crippen molar-refractivity contribution in [2.24, 2.45) is 4.99 Å². The first kappa shape index (κ1) is 23.7. The van der Waals surface area contributed by atoms with Crippen LogP contribution < -0.4 is 20.3 Å². The number of hydrogen-bond donors (Lipinski definition) is 2. The summed E-state index contributed by atoms with van der Waals surface area (Å²) in [5.74, 6) is 1.22. The lowest BCUT2D eigenvalue weighted by Crippen LogP contribution is -2.49. The summed E-state index contributed by atoms with van der Waals surface area (Å²) in [6.45, 7) is 7.49. The molecule has 2 heterocycles. The van der Waals surface area contributed by atoms with E-state index in [2.05, 4.69) is 45.0 Å². The lowest BCUT2D eigenvalue weighted by atomic mass is 10.1. The van der Waals surface area contributed by atoms with Crippen LogP contribution in [0, 0.1) is 5.82 Å². The number of thiophene rings is 1. The highest BCUT2D eigenvalue weighted by Crippen LogP contribution is 2.24. The Hall–Kier alpha value is -1.55. The lowest BCUT2D eigenvalue weighted by Gasteiger charge is -2.33. The molecule has 1 aromatic carbocycles. The lowest BCUT2D eigenvalue weighted by molar-refractivity contribution is 0.230. The van der Waals surface area contributed by atoms with Crippen LogP contribution >= 0.6 is 35.3 Å². The highest BCUT2D eigenvalue weighted by molar-refractivity contribution is 14.0. The molecule has 0 bridgehead atoms. The number of rotatable bonds is 7. The maximum atomic E-state index is 13.0. The predicted octanol–water partition coefficient (Wildman–Crippen LogP) is 4.50. The van der Waals surface area contributed by atoms with Crippen molar-refractivity contribution in [2.75, 3.05) is 31.1 Å². The molecule has 160 valence electrons. The van der Waals surface area contributed by atoms with Crippen LogP contribution in [0.4, 0.5) is 9.39 Å². The molecule has 2 N–H and O–H groups in total. The van der Waals surface area contributed by atoms with E-state index in [1.807, 2.05) is 6.92 Å². The molecule has 1 aliphatic heterocycles. The topological polar surface area (TPSA) is 48.9 Å². The number of aliphatic imine (C=N–C) groups is 1. The van der Waals surface area contributed by atoms with Crippen LogP contribution in [0.5, 0.6) is 5.75 Å². The largest absolute Gasteiger partial charge is 0.489 e. The van der Waals surface area contributed by atoms with Crippen LogP contribution in [-0.4, -0.2) is 44.3 Å². The zero-order valence-electron chi connectivity index (χ0n) is 16.9. The third kappa shape index (κ3) is 7.65. The molecular formula is C21H30FIN4OS. The summed E-state index contributed by atoms with van der Waals surface area (Å²) in [6.07, 6.45) is 2.08. The molecule has 3 rings (SSSR count). The highest BCUT2D eigenvalue weighted by atomic mass is 127. The number of benzene rings is 1. The van der Waals surface area contributed by atoms with Gasteiger partial charge in [0.1, 0.15) is 17.7 Å². The van der Waals surface area contributed by atoms with Gasteiger partial charge in [-0.15, -0.1) is 35.3 Å². The van der Waals surface area contributed by atoms with Gasteiger partial charge in [0, 0.05) is 25.7 Å². The summed E-state index contributed by atoms with van der Waals surface area (Å²) in [5.41, 5.74) is 0. The van der Waals surface area contributed by atoms with Gasteiger partial charge in [-0.1, -0.05) is 0 Å². The number of hydrogen-bond acceptors (Lipinski definition) is 4. The van der Waals surface area contributed by atoms with Gasteiger partial charge in [0.25, 0.3) is 0 Å². The molecule has 0 spiro atoms. The first-order chi connectivity index (χ1) is 13.6. The van der Waals surface area contributed by atoms with E-state index in [9.17, 15) is 4.39 Å². The number of nitrogens with one attached hydrogen (secondary N) is 2. The molecule has 8 heteroatoms. The van der Waals surface area contributed by atoms with Crippen molar-refractivity contribution in [3.63, 3.8) is 0 Å². The van der Waals surface area contributed by atoms with Crippen molar-refractivity contribution in [1.82, 2.24) is 10.6 Å². The van der Waals surface area contributed by atoms with Crippen LogP contribution in [0.2, 0.25) is 0 Å². The molecule has 1 unspecified atom stereocenters. The molecule has 2 aromatic rings. The van der Waals surface area contributed by atoms with Gasteiger partial charge in [-0.05, 0) is 68.5 Å². The summed E-state index contributed by atoms with van der Waals surface area (Å²) in [7, 11) is 0. The third-order valence-electron chi connectivity index (χ3n) is 4.66. The molecule has 1 fully saturated rings. The van der Waals surface area contributed by atoms with Gasteiger partial charge in [-0.25, -0.2) is 9.38 Å². The third-order valence-corrected chi connectivity index (χ3v) is 5.58. The van der Waals surface area contributed by atoms with Gasteiger partial charge in [0.2, 0.25) is 0 Å². The van der Waals surface area contributed by atoms with Crippen LogP contribution in [0.15, 0.2) is 46.8 Å². The van der Waals surface area contributed by atoms with Gasteiger partial charge in [0.05, 0.1) is 11.5 Å². The molecule has 1 aromatic heterocycles. The quantitative estimate of drug-likeness (QED) is 0.314. The molecule has 5 nitrogen and oxygen atoms in total. The maximum Gasteiger partial charge on any atom is 0.191 e. The van der Waals surface area contributed by atoms with Gasteiger partial charge in [-0.2, -0.15) is 0 Å². The number of piperidine rings is 1. The number of ether oxygens (including phenoxy) is 1. The summed E-state index contributed by atoms with van der Waals surface area (Å²) in [5, 5.41) is 10.4. The van der Waals surface area contributed by atoms with E-state index in [0.29, 0.717) is 18.3 Å². The Labute approximate surface area is 193 Å². The number of anilines is 1. The minimum atomic E-state index is -0.262. The van der Waals surface area contributed by atoms with Crippen LogP contribution in [0.3, 0.4) is 0 Å². The average molecular weight is 532 g/mol. The van der Waals surface area contributed by atoms with Crippen molar-refractivity contribution in [2.45, 2.75) is 38.8 Å². The smallest absolute Gasteiger partial charge is 0.191 e. The summed E-state index contributed by atoms with van der Waals surface area (Å²) in [4.78, 5) is 7.12. The fourth-order valence-corrected chi connectivity index (χ4v) is 4.00. The van der Waals surface area contributed by atoms with Crippen molar-refractivity contribution in [1.29, 1.82) is 0 Å². The molecule has 0 saturated carbocycles. The molecule has 1 aliphatic rings. The minimum absolute atomic E-state index is 0. The predicted molar refractivity (Wildman–Crippen MR) is 131 cm³/mol. The fourth-order valence-electron chi connectivity index (χ4n) is 3.21. The molecule has 29 heavy (non-hydrogen) atoms. The Morgan fingerprint density at radius 1 is 1.28 bits per heavy atom. The van der Waals surface area contributed by atoms with Crippen molar-refractivity contribution < 1.29 is 9.13 Å². The normalized spacial score (nSPS) is 16.1. The van der Waals surface area contributed by atoms with Gasteiger partial charge >= 0.3 is 0 Å². The van der Waals surface area contributed by atoms with E-state index < -0.39 is 0 Å². The molecule has 0 amide bonds. The molecule has 1 atom stereocenters. The van der Waals surface area contributed by atoms with E-state index in [1.165, 1.54) is 17.1 Å². The first-order valence-corrected chi connectivity index (χ1v) is 10.8. The van der Waals surface area contributed by atoms with E-state index >= 15 is 0 Å². The van der Waals surface area contributed by atoms with Crippen molar-refractivity contribution in [3.05, 3.63) is 47.6 Å². The molecular weight excluding hydrogens is 502 g/mol. The second-order valence-electron chi connectivity index (χ2n) is 6.96.